The van der Waals surface area contributed by atoms with Crippen molar-refractivity contribution in [1.29, 1.82) is 0 Å². The number of likely N-dealkylation sites (tertiary alicyclic amines) is 1. The van der Waals surface area contributed by atoms with E-state index in [2.05, 4.69) is 9.97 Å². The van der Waals surface area contributed by atoms with Crippen molar-refractivity contribution in [1.82, 2.24) is 14.9 Å². The Morgan fingerprint density at radius 3 is 1.93 bits per heavy atom. The lowest BCUT2D eigenvalue weighted by atomic mass is 10.0. The number of hydrogen-bond acceptors (Lipinski definition) is 4. The molecule has 1 aromatic heterocycles. The molecule has 29 heavy (non-hydrogen) atoms. The lowest BCUT2D eigenvalue weighted by molar-refractivity contribution is -0.143. The van der Waals surface area contributed by atoms with Gasteiger partial charge >= 0.3 is 18.4 Å². The molecule has 0 bridgehead atoms. The van der Waals surface area contributed by atoms with Crippen LogP contribution in [0.2, 0.25) is 0 Å². The van der Waals surface area contributed by atoms with Gasteiger partial charge in [-0.3, -0.25) is 4.79 Å². The zero-order valence-corrected chi connectivity index (χ0v) is 14.8. The normalized spacial score (nSPS) is 16.0. The average molecular weight is 419 g/mol. The van der Waals surface area contributed by atoms with Gasteiger partial charge in [-0.05, 0) is 24.3 Å². The summed E-state index contributed by atoms with van der Waals surface area (Å²) in [5, 5.41) is 0. The topological polar surface area (TPSA) is 55.3 Å². The standard InChI is InChI=1S/C18H15F6N3O2/c19-17(20,21)12-8-11(9-13(10-12)18(22,23)24)15(28)27-6-2-14(3-7-27)29-16-25-4-1-5-26-16/h1,4-5,8-10,14H,2-3,6-7H2. The predicted octanol–water partition coefficient (Wildman–Crippen LogP) is 4.20. The first-order valence-corrected chi connectivity index (χ1v) is 8.56. The highest BCUT2D eigenvalue weighted by Crippen LogP contribution is 2.36. The number of halogens is 6. The number of alkyl halides is 6. The van der Waals surface area contributed by atoms with Gasteiger partial charge in [0.05, 0.1) is 11.1 Å². The van der Waals surface area contributed by atoms with Gasteiger partial charge in [0, 0.05) is 43.9 Å². The molecule has 11 heteroatoms. The third-order valence-corrected chi connectivity index (χ3v) is 4.38. The molecule has 1 aliphatic heterocycles. The summed E-state index contributed by atoms with van der Waals surface area (Å²) >= 11 is 0. The van der Waals surface area contributed by atoms with Gasteiger partial charge in [-0.15, -0.1) is 0 Å². The average Bonchev–Trinajstić information content (AvgIpc) is 2.67. The highest BCUT2D eigenvalue weighted by molar-refractivity contribution is 5.94. The summed E-state index contributed by atoms with van der Waals surface area (Å²) in [6.07, 6.45) is -6.66. The number of benzene rings is 1. The molecule has 2 heterocycles. The highest BCUT2D eigenvalue weighted by atomic mass is 19.4. The number of carbonyl (C=O) groups is 1. The third kappa shape index (κ3) is 5.15. The first kappa shape index (κ1) is 20.9. The Morgan fingerprint density at radius 1 is 0.931 bits per heavy atom. The summed E-state index contributed by atoms with van der Waals surface area (Å²) in [4.78, 5) is 21.6. The maximum Gasteiger partial charge on any atom is 0.416 e. The molecule has 5 nitrogen and oxygen atoms in total. The Hall–Kier alpha value is -2.85. The molecule has 1 saturated heterocycles. The van der Waals surface area contributed by atoms with E-state index < -0.39 is 35.0 Å². The minimum atomic E-state index is -5.01. The second-order valence-electron chi connectivity index (χ2n) is 6.44. The molecule has 1 amide bonds. The largest absolute Gasteiger partial charge is 0.460 e. The minimum Gasteiger partial charge on any atom is -0.460 e. The number of amides is 1. The number of aromatic nitrogens is 2. The van der Waals surface area contributed by atoms with Gasteiger partial charge in [0.2, 0.25) is 0 Å². The maximum atomic E-state index is 13.0. The van der Waals surface area contributed by atoms with Gasteiger partial charge in [-0.1, -0.05) is 0 Å². The number of ether oxygens (including phenoxy) is 1. The quantitative estimate of drug-likeness (QED) is 0.700. The molecular weight excluding hydrogens is 404 g/mol. The molecule has 1 fully saturated rings. The van der Waals surface area contributed by atoms with E-state index in [-0.39, 0.29) is 31.3 Å². The van der Waals surface area contributed by atoms with Crippen LogP contribution in [0.25, 0.3) is 0 Å². The van der Waals surface area contributed by atoms with Crippen molar-refractivity contribution in [2.45, 2.75) is 31.3 Å². The van der Waals surface area contributed by atoms with Gasteiger partial charge in [0.25, 0.3) is 5.91 Å². The zero-order valence-electron chi connectivity index (χ0n) is 14.8. The van der Waals surface area contributed by atoms with Crippen LogP contribution in [0.1, 0.15) is 34.3 Å². The Bertz CT molecular complexity index is 830. The summed E-state index contributed by atoms with van der Waals surface area (Å²) in [7, 11) is 0. The zero-order chi connectivity index (χ0) is 21.2. The fourth-order valence-electron chi connectivity index (χ4n) is 2.93. The molecule has 3 rings (SSSR count). The monoisotopic (exact) mass is 419 g/mol. The van der Waals surface area contributed by atoms with Crippen LogP contribution in [0.15, 0.2) is 36.7 Å². The van der Waals surface area contributed by atoms with Crippen LogP contribution in [0.5, 0.6) is 6.01 Å². The van der Waals surface area contributed by atoms with E-state index in [1.807, 2.05) is 0 Å². The van der Waals surface area contributed by atoms with Gasteiger partial charge in [-0.25, -0.2) is 9.97 Å². The van der Waals surface area contributed by atoms with Crippen LogP contribution in [0.3, 0.4) is 0 Å². The van der Waals surface area contributed by atoms with E-state index in [9.17, 15) is 31.1 Å². The van der Waals surface area contributed by atoms with Crippen molar-refractivity contribution in [3.8, 4) is 6.01 Å². The molecule has 0 aliphatic carbocycles. The lowest BCUT2D eigenvalue weighted by Gasteiger charge is -2.32. The number of hydrogen-bond donors (Lipinski definition) is 0. The summed E-state index contributed by atoms with van der Waals surface area (Å²) in [5.74, 6) is -0.893. The van der Waals surface area contributed by atoms with Crippen LogP contribution in [0, 0.1) is 0 Å². The molecule has 0 saturated carbocycles. The molecule has 1 aromatic carbocycles. The SMILES string of the molecule is O=C(c1cc(C(F)(F)F)cc(C(F)(F)F)c1)N1CCC(Oc2ncccn2)CC1. The highest BCUT2D eigenvalue weighted by Gasteiger charge is 2.38. The Labute approximate surface area is 161 Å². The van der Waals surface area contributed by atoms with Gasteiger partial charge in [0.1, 0.15) is 6.10 Å². The number of piperidine rings is 1. The summed E-state index contributed by atoms with van der Waals surface area (Å²) in [6.45, 7) is 0.238. The van der Waals surface area contributed by atoms with Crippen molar-refractivity contribution < 1.29 is 35.9 Å². The second kappa shape index (κ2) is 7.88. The van der Waals surface area contributed by atoms with E-state index in [1.165, 1.54) is 17.3 Å². The fraction of sp³-hybridized carbons (Fsp3) is 0.389. The predicted molar refractivity (Wildman–Crippen MR) is 88.0 cm³/mol. The van der Waals surface area contributed by atoms with Crippen molar-refractivity contribution in [3.05, 3.63) is 53.3 Å². The second-order valence-corrected chi connectivity index (χ2v) is 6.44. The molecule has 156 valence electrons. The van der Waals surface area contributed by atoms with Crippen LogP contribution in [-0.4, -0.2) is 40.0 Å². The van der Waals surface area contributed by atoms with Crippen molar-refractivity contribution in [2.75, 3.05) is 13.1 Å². The van der Waals surface area contributed by atoms with Crippen LogP contribution >= 0.6 is 0 Å². The number of carbonyl (C=O) groups excluding carboxylic acids is 1. The van der Waals surface area contributed by atoms with E-state index in [4.69, 9.17) is 4.74 Å². The number of rotatable bonds is 3. The van der Waals surface area contributed by atoms with Gasteiger partial charge < -0.3 is 9.64 Å². The molecule has 1 aliphatic rings. The minimum absolute atomic E-state index is 0.00326. The van der Waals surface area contributed by atoms with Gasteiger partial charge in [-0.2, -0.15) is 26.3 Å². The first-order valence-electron chi connectivity index (χ1n) is 8.56. The van der Waals surface area contributed by atoms with Crippen LogP contribution in [0.4, 0.5) is 26.3 Å². The van der Waals surface area contributed by atoms with Crippen LogP contribution < -0.4 is 4.74 Å². The lowest BCUT2D eigenvalue weighted by Crippen LogP contribution is -2.42. The van der Waals surface area contributed by atoms with Crippen molar-refractivity contribution >= 4 is 5.91 Å². The van der Waals surface area contributed by atoms with E-state index >= 15 is 0 Å². The van der Waals surface area contributed by atoms with Gasteiger partial charge in [0.15, 0.2) is 0 Å². The molecule has 0 atom stereocenters. The molecule has 0 spiro atoms. The maximum absolute atomic E-state index is 13.0. The summed E-state index contributed by atoms with van der Waals surface area (Å²) < 4.78 is 83.4. The molecule has 0 N–H and O–H groups in total. The van der Waals surface area contributed by atoms with Crippen molar-refractivity contribution in [2.24, 2.45) is 0 Å². The van der Waals surface area contributed by atoms with E-state index in [0.717, 1.165) is 0 Å². The van der Waals surface area contributed by atoms with Crippen LogP contribution in [-0.2, 0) is 12.4 Å². The Kier molecular flexibility index (Phi) is 5.67. The summed E-state index contributed by atoms with van der Waals surface area (Å²) in [6, 6.07) is 2.65. The Morgan fingerprint density at radius 2 is 1.45 bits per heavy atom. The fourth-order valence-corrected chi connectivity index (χ4v) is 2.93. The number of nitrogens with zero attached hydrogens (tertiary/aromatic N) is 3. The molecule has 0 unspecified atom stereocenters. The smallest absolute Gasteiger partial charge is 0.416 e. The van der Waals surface area contributed by atoms with Crippen molar-refractivity contribution in [3.63, 3.8) is 0 Å². The third-order valence-electron chi connectivity index (χ3n) is 4.38. The van der Waals surface area contributed by atoms with E-state index in [0.29, 0.717) is 25.0 Å². The Balaban J connectivity index is 1.73. The molecule has 0 radical (unpaired) electrons. The molecular formula is C18H15F6N3O2. The first-order chi connectivity index (χ1) is 13.5. The summed E-state index contributed by atoms with van der Waals surface area (Å²) in [5.41, 5.74) is -3.69. The van der Waals surface area contributed by atoms with E-state index in [1.54, 1.807) is 6.07 Å². The molecule has 2 aromatic rings.